The van der Waals surface area contributed by atoms with E-state index in [1.165, 1.54) is 0 Å². The Morgan fingerprint density at radius 1 is 0.773 bits per heavy atom. The minimum atomic E-state index is -5.08. The molecule has 0 aromatic heterocycles. The predicted molar refractivity (Wildman–Crippen MR) is 72.5 cm³/mol. The van der Waals surface area contributed by atoms with Crippen molar-refractivity contribution >= 4 is 11.9 Å². The molecular formula is C15H11F3O4. The van der Waals surface area contributed by atoms with E-state index in [0.717, 1.165) is 11.1 Å². The first-order valence-electron chi connectivity index (χ1n) is 5.90. The monoisotopic (exact) mass is 312 g/mol. The number of aliphatic carboxylic acids is 1. The molecule has 2 rings (SSSR count). The van der Waals surface area contributed by atoms with Gasteiger partial charge in [-0.25, -0.2) is 9.59 Å². The maximum Gasteiger partial charge on any atom is 0.490 e. The number of hydrogen-bond donors (Lipinski definition) is 2. The van der Waals surface area contributed by atoms with Crippen LogP contribution in [0.1, 0.15) is 10.4 Å². The number of hydrogen-bond acceptors (Lipinski definition) is 2. The third kappa shape index (κ3) is 5.28. The Morgan fingerprint density at radius 2 is 1.18 bits per heavy atom. The summed E-state index contributed by atoms with van der Waals surface area (Å²) < 4.78 is 31.7. The molecule has 0 bridgehead atoms. The third-order valence-electron chi connectivity index (χ3n) is 2.48. The van der Waals surface area contributed by atoms with Gasteiger partial charge in [-0.2, -0.15) is 13.2 Å². The van der Waals surface area contributed by atoms with Crippen molar-refractivity contribution in [2.45, 2.75) is 6.18 Å². The minimum Gasteiger partial charge on any atom is -0.478 e. The topological polar surface area (TPSA) is 74.6 Å². The van der Waals surface area contributed by atoms with Gasteiger partial charge in [0, 0.05) is 0 Å². The van der Waals surface area contributed by atoms with Crippen LogP contribution in [0, 0.1) is 0 Å². The molecule has 2 N–H and O–H groups in total. The van der Waals surface area contributed by atoms with E-state index in [0.29, 0.717) is 5.56 Å². The lowest BCUT2D eigenvalue weighted by Gasteiger charge is -2.01. The summed E-state index contributed by atoms with van der Waals surface area (Å²) in [6.07, 6.45) is -5.08. The number of alkyl halides is 3. The van der Waals surface area contributed by atoms with E-state index in [4.69, 9.17) is 15.0 Å². The Hall–Kier alpha value is -2.83. The molecule has 0 fully saturated rings. The lowest BCUT2D eigenvalue weighted by Crippen LogP contribution is -2.21. The molecule has 2 aromatic carbocycles. The van der Waals surface area contributed by atoms with Crippen molar-refractivity contribution < 1.29 is 33.0 Å². The van der Waals surface area contributed by atoms with E-state index in [9.17, 15) is 18.0 Å². The van der Waals surface area contributed by atoms with Gasteiger partial charge in [0.25, 0.3) is 0 Å². The Bertz CT molecular complexity index is 634. The molecule has 0 amide bonds. The second kappa shape index (κ2) is 7.26. The Labute approximate surface area is 123 Å². The fraction of sp³-hybridized carbons (Fsp3) is 0.0667. The van der Waals surface area contributed by atoms with Crippen LogP contribution in [0.4, 0.5) is 13.2 Å². The van der Waals surface area contributed by atoms with Crippen molar-refractivity contribution in [3.8, 4) is 11.1 Å². The van der Waals surface area contributed by atoms with Crippen molar-refractivity contribution in [3.63, 3.8) is 0 Å². The smallest absolute Gasteiger partial charge is 0.478 e. The SMILES string of the molecule is O=C(O)C(F)(F)F.O=C(O)c1ccc(-c2ccccc2)cc1. The molecule has 0 atom stereocenters. The highest BCUT2D eigenvalue weighted by Gasteiger charge is 2.38. The van der Waals surface area contributed by atoms with Crippen molar-refractivity contribution in [2.24, 2.45) is 0 Å². The second-order valence-corrected chi connectivity index (χ2v) is 4.05. The number of carboxylic acid groups (broad SMARTS) is 2. The van der Waals surface area contributed by atoms with E-state index < -0.39 is 18.1 Å². The van der Waals surface area contributed by atoms with Crippen molar-refractivity contribution in [2.75, 3.05) is 0 Å². The fourth-order valence-electron chi connectivity index (χ4n) is 1.44. The molecule has 2 aromatic rings. The Kier molecular flexibility index (Phi) is 5.68. The van der Waals surface area contributed by atoms with Crippen LogP contribution < -0.4 is 0 Å². The number of carboxylic acids is 2. The van der Waals surface area contributed by atoms with E-state index in [1.54, 1.807) is 12.1 Å². The van der Waals surface area contributed by atoms with Crippen LogP contribution >= 0.6 is 0 Å². The predicted octanol–water partition coefficient (Wildman–Crippen LogP) is 3.69. The van der Waals surface area contributed by atoms with Crippen molar-refractivity contribution in [1.82, 2.24) is 0 Å². The van der Waals surface area contributed by atoms with E-state index >= 15 is 0 Å². The fourth-order valence-corrected chi connectivity index (χ4v) is 1.44. The molecule has 116 valence electrons. The number of rotatable bonds is 2. The average molecular weight is 312 g/mol. The number of aromatic carboxylic acids is 1. The van der Waals surface area contributed by atoms with Gasteiger partial charge in [-0.3, -0.25) is 0 Å². The van der Waals surface area contributed by atoms with E-state index in [1.807, 2.05) is 42.5 Å². The highest BCUT2D eigenvalue weighted by molar-refractivity contribution is 5.88. The molecular weight excluding hydrogens is 301 g/mol. The van der Waals surface area contributed by atoms with Gasteiger partial charge in [0.15, 0.2) is 0 Å². The zero-order valence-corrected chi connectivity index (χ0v) is 11.0. The lowest BCUT2D eigenvalue weighted by molar-refractivity contribution is -0.192. The van der Waals surface area contributed by atoms with Crippen molar-refractivity contribution in [1.29, 1.82) is 0 Å². The van der Waals surface area contributed by atoms with Gasteiger partial charge in [0.2, 0.25) is 0 Å². The van der Waals surface area contributed by atoms with Crippen LogP contribution in [-0.2, 0) is 4.79 Å². The molecule has 0 spiro atoms. The zero-order valence-electron chi connectivity index (χ0n) is 11.0. The van der Waals surface area contributed by atoms with Crippen LogP contribution in [0.3, 0.4) is 0 Å². The standard InChI is InChI=1S/C13H10O2.C2HF3O2/c14-13(15)12-8-6-11(7-9-12)10-4-2-1-3-5-10;3-2(4,5)1(6)7/h1-9H,(H,14,15);(H,6,7). The van der Waals surface area contributed by atoms with Crippen LogP contribution in [0.25, 0.3) is 11.1 Å². The van der Waals surface area contributed by atoms with Crippen LogP contribution in [0.2, 0.25) is 0 Å². The van der Waals surface area contributed by atoms with Gasteiger partial charge in [0.05, 0.1) is 5.56 Å². The van der Waals surface area contributed by atoms with E-state index in [2.05, 4.69) is 0 Å². The summed E-state index contributed by atoms with van der Waals surface area (Å²) in [5.41, 5.74) is 2.43. The maximum atomic E-state index is 10.6. The van der Waals surface area contributed by atoms with Crippen molar-refractivity contribution in [3.05, 3.63) is 60.2 Å². The second-order valence-electron chi connectivity index (χ2n) is 4.05. The largest absolute Gasteiger partial charge is 0.490 e. The highest BCUT2D eigenvalue weighted by Crippen LogP contribution is 2.19. The summed E-state index contributed by atoms with van der Waals surface area (Å²) in [4.78, 5) is 19.5. The average Bonchev–Trinajstić information content (AvgIpc) is 2.48. The molecule has 0 aliphatic carbocycles. The molecule has 0 aliphatic heterocycles. The molecule has 0 saturated carbocycles. The van der Waals surface area contributed by atoms with Gasteiger partial charge < -0.3 is 10.2 Å². The van der Waals surface area contributed by atoms with Gasteiger partial charge >= 0.3 is 18.1 Å². The van der Waals surface area contributed by atoms with Gasteiger partial charge in [-0.15, -0.1) is 0 Å². The highest BCUT2D eigenvalue weighted by atomic mass is 19.4. The molecule has 0 radical (unpaired) electrons. The molecule has 0 heterocycles. The molecule has 7 heteroatoms. The molecule has 22 heavy (non-hydrogen) atoms. The lowest BCUT2D eigenvalue weighted by atomic mass is 10.0. The summed E-state index contributed by atoms with van der Waals surface area (Å²) in [5.74, 6) is -3.65. The number of benzene rings is 2. The van der Waals surface area contributed by atoms with Crippen LogP contribution in [0.15, 0.2) is 54.6 Å². The van der Waals surface area contributed by atoms with Crippen LogP contribution in [0.5, 0.6) is 0 Å². The van der Waals surface area contributed by atoms with E-state index in [-0.39, 0.29) is 0 Å². The third-order valence-corrected chi connectivity index (χ3v) is 2.48. The first kappa shape index (κ1) is 17.2. The normalized spacial score (nSPS) is 10.3. The molecule has 4 nitrogen and oxygen atoms in total. The number of halogens is 3. The summed E-state index contributed by atoms with van der Waals surface area (Å²) in [7, 11) is 0. The zero-order chi connectivity index (χ0) is 16.8. The molecule has 0 saturated heterocycles. The summed E-state index contributed by atoms with van der Waals surface area (Å²) >= 11 is 0. The molecule has 0 aliphatic rings. The van der Waals surface area contributed by atoms with Gasteiger partial charge in [-0.1, -0.05) is 42.5 Å². The first-order chi connectivity index (χ1) is 10.2. The number of carbonyl (C=O) groups is 2. The first-order valence-corrected chi connectivity index (χ1v) is 5.90. The summed E-state index contributed by atoms with van der Waals surface area (Å²) in [6, 6.07) is 16.7. The Balaban J connectivity index is 0.000000295. The summed E-state index contributed by atoms with van der Waals surface area (Å²) in [6.45, 7) is 0. The summed E-state index contributed by atoms with van der Waals surface area (Å²) in [5, 5.41) is 15.9. The quantitative estimate of drug-likeness (QED) is 0.887. The molecule has 0 unspecified atom stereocenters. The van der Waals surface area contributed by atoms with Gasteiger partial charge in [-0.05, 0) is 23.3 Å². The van der Waals surface area contributed by atoms with Crippen LogP contribution in [-0.4, -0.2) is 28.3 Å². The minimum absolute atomic E-state index is 0.315. The maximum absolute atomic E-state index is 10.6. The Morgan fingerprint density at radius 3 is 1.55 bits per heavy atom. The van der Waals surface area contributed by atoms with Gasteiger partial charge in [0.1, 0.15) is 0 Å².